The number of nitrogens with one attached hydrogen (secondary N) is 2. The van der Waals surface area contributed by atoms with E-state index < -0.39 is 0 Å². The summed E-state index contributed by atoms with van der Waals surface area (Å²) in [6.45, 7) is 2.79. The molecule has 2 N–H and O–H groups in total. The van der Waals surface area contributed by atoms with Gasteiger partial charge in [0.25, 0.3) is 11.8 Å². The third-order valence-electron chi connectivity index (χ3n) is 6.26. The number of oxazole rings is 1. The van der Waals surface area contributed by atoms with Crippen molar-refractivity contribution in [3.63, 3.8) is 0 Å². The Morgan fingerprint density at radius 3 is 3.04 bits per heavy atom. The summed E-state index contributed by atoms with van der Waals surface area (Å²) in [7, 11) is 1.58. The average molecular weight is 378 g/mol. The molecule has 2 aromatic heterocycles. The first-order valence-electron chi connectivity index (χ1n) is 9.69. The molecule has 4 heterocycles. The van der Waals surface area contributed by atoms with Gasteiger partial charge in [0.2, 0.25) is 0 Å². The van der Waals surface area contributed by atoms with Gasteiger partial charge in [0, 0.05) is 36.5 Å². The Bertz CT molecular complexity index is 1080. The number of aromatic amines is 1. The van der Waals surface area contributed by atoms with Crippen LogP contribution in [0.4, 0.5) is 0 Å². The fraction of sp³-hybridized carbons (Fsp3) is 0.381. The Morgan fingerprint density at radius 1 is 1.39 bits per heavy atom. The van der Waals surface area contributed by atoms with Crippen LogP contribution in [0.25, 0.3) is 10.9 Å². The Kier molecular flexibility index (Phi) is 3.79. The Hall–Kier alpha value is -3.09. The number of aromatic nitrogens is 2. The van der Waals surface area contributed by atoms with Gasteiger partial charge in [-0.1, -0.05) is 19.1 Å². The monoisotopic (exact) mass is 378 g/mol. The summed E-state index contributed by atoms with van der Waals surface area (Å²) in [5.74, 6) is 0.695. The summed E-state index contributed by atoms with van der Waals surface area (Å²) >= 11 is 0. The molecular formula is C21H22N4O3. The predicted molar refractivity (Wildman–Crippen MR) is 103 cm³/mol. The van der Waals surface area contributed by atoms with E-state index in [1.165, 1.54) is 12.0 Å². The molecule has 2 saturated heterocycles. The zero-order chi connectivity index (χ0) is 19.4. The molecule has 0 radical (unpaired) electrons. The lowest BCUT2D eigenvalue weighted by molar-refractivity contribution is 0.0724. The molecule has 3 unspecified atom stereocenters. The van der Waals surface area contributed by atoms with Crippen LogP contribution >= 0.6 is 0 Å². The molecule has 144 valence electrons. The first-order chi connectivity index (χ1) is 13.6. The lowest BCUT2D eigenvalue weighted by Gasteiger charge is -2.35. The standard InChI is InChI=1S/C21H22N4O3/c1-3-11-5-4-6-14-13(11)8-15(24-14)21(27)25-9-12-7-16(25)17(12)19-18(20(26)22-2)23-10-28-19/h4-6,8,10,12,16-17,24H,3,7,9H2,1-2H3,(H,22,26). The van der Waals surface area contributed by atoms with Crippen LogP contribution in [0, 0.1) is 5.92 Å². The Labute approximate surface area is 162 Å². The normalized spacial score (nSPS) is 23.1. The van der Waals surface area contributed by atoms with Crippen molar-refractivity contribution in [3.05, 3.63) is 53.4 Å². The van der Waals surface area contributed by atoms with Crippen molar-refractivity contribution in [3.8, 4) is 0 Å². The van der Waals surface area contributed by atoms with Gasteiger partial charge < -0.3 is 19.6 Å². The number of fused-ring (bicyclic) bond motifs is 2. The smallest absolute Gasteiger partial charge is 0.273 e. The van der Waals surface area contributed by atoms with Crippen LogP contribution in [-0.2, 0) is 6.42 Å². The molecule has 1 aliphatic carbocycles. The molecule has 2 aliphatic heterocycles. The molecule has 28 heavy (non-hydrogen) atoms. The first-order valence-corrected chi connectivity index (χ1v) is 9.69. The first kappa shape index (κ1) is 17.0. The van der Waals surface area contributed by atoms with Crippen LogP contribution in [0.3, 0.4) is 0 Å². The van der Waals surface area contributed by atoms with Crippen molar-refractivity contribution in [2.45, 2.75) is 31.7 Å². The number of amides is 2. The van der Waals surface area contributed by atoms with Crippen molar-refractivity contribution in [2.75, 3.05) is 13.6 Å². The summed E-state index contributed by atoms with van der Waals surface area (Å²) < 4.78 is 5.57. The summed E-state index contributed by atoms with van der Waals surface area (Å²) in [5.41, 5.74) is 3.16. The second-order valence-corrected chi connectivity index (χ2v) is 7.61. The zero-order valence-corrected chi connectivity index (χ0v) is 15.9. The van der Waals surface area contributed by atoms with Gasteiger partial charge in [-0.15, -0.1) is 0 Å². The summed E-state index contributed by atoms with van der Waals surface area (Å²) in [4.78, 5) is 34.5. The Morgan fingerprint density at radius 2 is 2.25 bits per heavy atom. The van der Waals surface area contributed by atoms with Gasteiger partial charge in [-0.3, -0.25) is 9.59 Å². The van der Waals surface area contributed by atoms with Crippen molar-refractivity contribution < 1.29 is 14.0 Å². The van der Waals surface area contributed by atoms with E-state index in [0.29, 0.717) is 29.6 Å². The molecular weight excluding hydrogens is 356 g/mol. The van der Waals surface area contributed by atoms with Gasteiger partial charge in [0.15, 0.2) is 12.1 Å². The maximum atomic E-state index is 13.2. The van der Waals surface area contributed by atoms with E-state index in [1.807, 2.05) is 23.1 Å². The van der Waals surface area contributed by atoms with Gasteiger partial charge in [0.05, 0.1) is 0 Å². The number of hydrogen-bond acceptors (Lipinski definition) is 4. The summed E-state index contributed by atoms with van der Waals surface area (Å²) in [6.07, 6.45) is 3.17. The van der Waals surface area contributed by atoms with Crippen molar-refractivity contribution in [1.29, 1.82) is 0 Å². The van der Waals surface area contributed by atoms with Crippen LogP contribution < -0.4 is 5.32 Å². The van der Waals surface area contributed by atoms with Crippen molar-refractivity contribution >= 4 is 22.7 Å². The molecule has 7 heteroatoms. The van der Waals surface area contributed by atoms with Crippen LogP contribution in [0.1, 0.15) is 51.6 Å². The molecule has 3 fully saturated rings. The number of rotatable bonds is 4. The van der Waals surface area contributed by atoms with E-state index in [1.54, 1.807) is 7.05 Å². The van der Waals surface area contributed by atoms with E-state index in [-0.39, 0.29) is 23.8 Å². The molecule has 6 rings (SSSR count). The highest BCUT2D eigenvalue weighted by Gasteiger charge is 2.56. The number of carbonyl (C=O) groups is 2. The second kappa shape index (κ2) is 6.22. The zero-order valence-electron chi connectivity index (χ0n) is 15.9. The number of aryl methyl sites for hydroxylation is 1. The highest BCUT2D eigenvalue weighted by Crippen LogP contribution is 2.53. The maximum absolute atomic E-state index is 13.2. The molecule has 1 saturated carbocycles. The fourth-order valence-corrected chi connectivity index (χ4v) is 4.82. The third-order valence-corrected chi connectivity index (χ3v) is 6.26. The SMILES string of the molecule is CCc1cccc2[nH]c(C(=O)N3CC4CC3C4c3ocnc3C(=O)NC)cc12. The topological polar surface area (TPSA) is 91.2 Å². The fourth-order valence-electron chi connectivity index (χ4n) is 4.82. The molecule has 3 aliphatic rings. The molecule has 2 bridgehead atoms. The van der Waals surface area contributed by atoms with Crippen LogP contribution in [0.2, 0.25) is 0 Å². The van der Waals surface area contributed by atoms with Crippen molar-refractivity contribution in [1.82, 2.24) is 20.2 Å². The average Bonchev–Trinajstić information content (AvgIpc) is 3.47. The minimum Gasteiger partial charge on any atom is -0.447 e. The third kappa shape index (κ3) is 2.32. The minimum atomic E-state index is -0.254. The molecule has 3 aromatic rings. The molecule has 7 nitrogen and oxygen atoms in total. The minimum absolute atomic E-state index is 0.00858. The van der Waals surface area contributed by atoms with Gasteiger partial charge in [-0.2, -0.15) is 0 Å². The molecule has 3 atom stereocenters. The van der Waals surface area contributed by atoms with Crippen LogP contribution in [0.5, 0.6) is 0 Å². The lowest BCUT2D eigenvalue weighted by atomic mass is 9.72. The van der Waals surface area contributed by atoms with Crippen molar-refractivity contribution in [2.24, 2.45) is 5.92 Å². The number of H-pyrrole nitrogens is 1. The van der Waals surface area contributed by atoms with Gasteiger partial charge >= 0.3 is 0 Å². The molecule has 2 amide bonds. The highest BCUT2D eigenvalue weighted by molar-refractivity contribution is 5.99. The van der Waals surface area contributed by atoms with E-state index in [2.05, 4.69) is 28.3 Å². The number of benzene rings is 1. The predicted octanol–water partition coefficient (Wildman–Crippen LogP) is 2.71. The van der Waals surface area contributed by atoms with E-state index >= 15 is 0 Å². The quantitative estimate of drug-likeness (QED) is 0.730. The van der Waals surface area contributed by atoms with Gasteiger partial charge in [0.1, 0.15) is 11.5 Å². The van der Waals surface area contributed by atoms with E-state index in [0.717, 1.165) is 23.7 Å². The maximum Gasteiger partial charge on any atom is 0.273 e. The molecule has 1 aromatic carbocycles. The van der Waals surface area contributed by atoms with Crippen LogP contribution in [-0.4, -0.2) is 46.3 Å². The van der Waals surface area contributed by atoms with Gasteiger partial charge in [-0.05, 0) is 36.5 Å². The summed E-state index contributed by atoms with van der Waals surface area (Å²) in [5, 5.41) is 3.70. The summed E-state index contributed by atoms with van der Waals surface area (Å²) in [6, 6.07) is 8.12. The van der Waals surface area contributed by atoms with E-state index in [9.17, 15) is 9.59 Å². The van der Waals surface area contributed by atoms with Crippen LogP contribution in [0.15, 0.2) is 35.1 Å². The Balaban J connectivity index is 1.43. The number of carbonyl (C=O) groups excluding carboxylic acids is 2. The van der Waals surface area contributed by atoms with E-state index in [4.69, 9.17) is 4.42 Å². The second-order valence-electron chi connectivity index (χ2n) is 7.61. The highest BCUT2D eigenvalue weighted by atomic mass is 16.3. The number of nitrogens with zero attached hydrogens (tertiary/aromatic N) is 2. The lowest BCUT2D eigenvalue weighted by Crippen LogP contribution is -2.40. The van der Waals surface area contributed by atoms with Gasteiger partial charge in [-0.25, -0.2) is 4.98 Å². The molecule has 0 spiro atoms. The largest absolute Gasteiger partial charge is 0.447 e. The number of hydrogen-bond donors (Lipinski definition) is 2.